The second-order valence-electron chi connectivity index (χ2n) is 6.18. The summed E-state index contributed by atoms with van der Waals surface area (Å²) in [6.45, 7) is 8.30. The fourth-order valence-electron chi connectivity index (χ4n) is 3.36. The molecule has 2 aliphatic rings. The minimum Gasteiger partial charge on any atom is -0.497 e. The molecule has 2 fully saturated rings. The maximum Gasteiger partial charge on any atom is 0.120 e. The molecule has 0 amide bonds. The average molecular weight is 289 g/mol. The number of piperazine rings is 1. The van der Waals surface area contributed by atoms with Crippen molar-refractivity contribution in [1.82, 2.24) is 10.2 Å². The molecule has 1 aromatic rings. The summed E-state index contributed by atoms with van der Waals surface area (Å²) < 4.78 is 5.32. The third-order valence-electron chi connectivity index (χ3n) is 4.81. The summed E-state index contributed by atoms with van der Waals surface area (Å²) in [4.78, 5) is 5.09. The molecule has 4 heteroatoms. The fourth-order valence-corrected chi connectivity index (χ4v) is 3.36. The van der Waals surface area contributed by atoms with Gasteiger partial charge in [0, 0.05) is 37.9 Å². The summed E-state index contributed by atoms with van der Waals surface area (Å²) in [6.07, 6.45) is 2.72. The number of anilines is 1. The van der Waals surface area contributed by atoms with E-state index in [2.05, 4.69) is 33.3 Å². The molecule has 3 rings (SSSR count). The molecule has 4 nitrogen and oxygen atoms in total. The predicted molar refractivity (Wildman–Crippen MR) is 87.2 cm³/mol. The maximum atomic E-state index is 5.32. The molecule has 0 saturated carbocycles. The van der Waals surface area contributed by atoms with Gasteiger partial charge in [0.25, 0.3) is 0 Å². The van der Waals surface area contributed by atoms with Crippen molar-refractivity contribution in [3.63, 3.8) is 0 Å². The Morgan fingerprint density at radius 1 is 1.24 bits per heavy atom. The second-order valence-corrected chi connectivity index (χ2v) is 6.18. The van der Waals surface area contributed by atoms with E-state index in [0.717, 1.165) is 24.8 Å². The normalized spacial score (nSPS) is 23.5. The SMILES string of the molecule is COc1cccc(N2CCN(CCC3CCNC3)CC2)c1. The molecular formula is C17H27N3O. The Morgan fingerprint density at radius 3 is 2.81 bits per heavy atom. The van der Waals surface area contributed by atoms with Crippen molar-refractivity contribution in [2.24, 2.45) is 5.92 Å². The first-order chi connectivity index (χ1) is 10.3. The maximum absolute atomic E-state index is 5.32. The summed E-state index contributed by atoms with van der Waals surface area (Å²) in [7, 11) is 1.73. The largest absolute Gasteiger partial charge is 0.497 e. The molecule has 0 bridgehead atoms. The van der Waals surface area contributed by atoms with Crippen LogP contribution in [0.5, 0.6) is 5.75 Å². The predicted octanol–water partition coefficient (Wildman–Crippen LogP) is 1.82. The van der Waals surface area contributed by atoms with Gasteiger partial charge in [0.15, 0.2) is 0 Å². The lowest BCUT2D eigenvalue weighted by atomic mass is 10.0. The number of hydrogen-bond donors (Lipinski definition) is 1. The number of ether oxygens (including phenoxy) is 1. The van der Waals surface area contributed by atoms with Gasteiger partial charge in [-0.3, -0.25) is 4.90 Å². The van der Waals surface area contributed by atoms with Crippen LogP contribution in [0.2, 0.25) is 0 Å². The van der Waals surface area contributed by atoms with E-state index in [0.29, 0.717) is 0 Å². The van der Waals surface area contributed by atoms with Crippen LogP contribution in [0.3, 0.4) is 0 Å². The van der Waals surface area contributed by atoms with Gasteiger partial charge >= 0.3 is 0 Å². The number of benzene rings is 1. The Balaban J connectivity index is 1.45. The standard InChI is InChI=1S/C17H27N3O/c1-21-17-4-2-3-16(13-17)20-11-9-19(10-12-20)8-6-15-5-7-18-14-15/h2-4,13,15,18H,5-12,14H2,1H3. The molecule has 2 saturated heterocycles. The zero-order valence-electron chi connectivity index (χ0n) is 13.1. The highest BCUT2D eigenvalue weighted by Crippen LogP contribution is 2.22. The van der Waals surface area contributed by atoms with E-state index < -0.39 is 0 Å². The third-order valence-corrected chi connectivity index (χ3v) is 4.81. The van der Waals surface area contributed by atoms with E-state index in [1.165, 1.54) is 51.3 Å². The Morgan fingerprint density at radius 2 is 2.10 bits per heavy atom. The first kappa shape index (κ1) is 14.7. The van der Waals surface area contributed by atoms with Crippen LogP contribution >= 0.6 is 0 Å². The van der Waals surface area contributed by atoms with E-state index in [4.69, 9.17) is 4.74 Å². The van der Waals surface area contributed by atoms with Crippen molar-refractivity contribution in [2.45, 2.75) is 12.8 Å². The van der Waals surface area contributed by atoms with Crippen molar-refractivity contribution >= 4 is 5.69 Å². The van der Waals surface area contributed by atoms with Gasteiger partial charge in [-0.15, -0.1) is 0 Å². The lowest BCUT2D eigenvalue weighted by Gasteiger charge is -2.36. The van der Waals surface area contributed by atoms with Crippen LogP contribution < -0.4 is 15.0 Å². The summed E-state index contributed by atoms with van der Waals surface area (Å²) in [6, 6.07) is 8.41. The number of methoxy groups -OCH3 is 1. The molecule has 0 spiro atoms. The highest BCUT2D eigenvalue weighted by molar-refractivity contribution is 5.51. The second kappa shape index (κ2) is 7.14. The van der Waals surface area contributed by atoms with Crippen molar-refractivity contribution in [2.75, 3.05) is 57.8 Å². The van der Waals surface area contributed by atoms with Crippen LogP contribution in [0.1, 0.15) is 12.8 Å². The number of nitrogens with one attached hydrogen (secondary N) is 1. The summed E-state index contributed by atoms with van der Waals surface area (Å²) in [5.41, 5.74) is 1.29. The first-order valence-electron chi connectivity index (χ1n) is 8.17. The topological polar surface area (TPSA) is 27.7 Å². The summed E-state index contributed by atoms with van der Waals surface area (Å²) in [5, 5.41) is 3.46. The quantitative estimate of drug-likeness (QED) is 0.895. The molecule has 2 heterocycles. The zero-order valence-corrected chi connectivity index (χ0v) is 13.1. The minimum absolute atomic E-state index is 0.904. The summed E-state index contributed by atoms with van der Waals surface area (Å²) >= 11 is 0. The van der Waals surface area contributed by atoms with Gasteiger partial charge < -0.3 is 15.0 Å². The molecule has 0 aromatic heterocycles. The van der Waals surface area contributed by atoms with Crippen molar-refractivity contribution in [3.8, 4) is 5.75 Å². The molecule has 1 aromatic carbocycles. The number of hydrogen-bond acceptors (Lipinski definition) is 4. The van der Waals surface area contributed by atoms with Crippen molar-refractivity contribution in [3.05, 3.63) is 24.3 Å². The van der Waals surface area contributed by atoms with Gasteiger partial charge in [0.1, 0.15) is 5.75 Å². The summed E-state index contributed by atoms with van der Waals surface area (Å²) in [5.74, 6) is 1.85. The molecule has 1 atom stereocenters. The van der Waals surface area contributed by atoms with E-state index in [-0.39, 0.29) is 0 Å². The number of rotatable bonds is 5. The lowest BCUT2D eigenvalue weighted by molar-refractivity contribution is 0.241. The minimum atomic E-state index is 0.904. The molecule has 0 radical (unpaired) electrons. The van der Waals surface area contributed by atoms with Crippen LogP contribution in [0.25, 0.3) is 0 Å². The monoisotopic (exact) mass is 289 g/mol. The van der Waals surface area contributed by atoms with Gasteiger partial charge in [-0.2, -0.15) is 0 Å². The Labute approximate surface area is 128 Å². The smallest absolute Gasteiger partial charge is 0.120 e. The van der Waals surface area contributed by atoms with Crippen molar-refractivity contribution < 1.29 is 4.74 Å². The van der Waals surface area contributed by atoms with E-state index in [1.807, 2.05) is 6.07 Å². The van der Waals surface area contributed by atoms with Crippen LogP contribution in [0.4, 0.5) is 5.69 Å². The van der Waals surface area contributed by atoms with Crippen molar-refractivity contribution in [1.29, 1.82) is 0 Å². The fraction of sp³-hybridized carbons (Fsp3) is 0.647. The van der Waals surface area contributed by atoms with Crippen LogP contribution in [0.15, 0.2) is 24.3 Å². The van der Waals surface area contributed by atoms with Gasteiger partial charge in [-0.1, -0.05) is 6.07 Å². The van der Waals surface area contributed by atoms with E-state index >= 15 is 0 Å². The molecule has 21 heavy (non-hydrogen) atoms. The van der Waals surface area contributed by atoms with Crippen LogP contribution in [-0.2, 0) is 0 Å². The van der Waals surface area contributed by atoms with Gasteiger partial charge in [0.05, 0.1) is 7.11 Å². The van der Waals surface area contributed by atoms with Gasteiger partial charge in [-0.05, 0) is 50.5 Å². The first-order valence-corrected chi connectivity index (χ1v) is 8.17. The number of nitrogens with zero attached hydrogens (tertiary/aromatic N) is 2. The Bertz CT molecular complexity index is 437. The molecule has 1 unspecified atom stereocenters. The highest BCUT2D eigenvalue weighted by atomic mass is 16.5. The average Bonchev–Trinajstić information content (AvgIpc) is 3.07. The lowest BCUT2D eigenvalue weighted by Crippen LogP contribution is -2.46. The third kappa shape index (κ3) is 3.89. The van der Waals surface area contributed by atoms with Crippen LogP contribution in [0, 0.1) is 5.92 Å². The Hall–Kier alpha value is -1.26. The van der Waals surface area contributed by atoms with E-state index in [9.17, 15) is 0 Å². The zero-order chi connectivity index (χ0) is 14.5. The van der Waals surface area contributed by atoms with Gasteiger partial charge in [-0.25, -0.2) is 0 Å². The highest BCUT2D eigenvalue weighted by Gasteiger charge is 2.20. The van der Waals surface area contributed by atoms with Crippen LogP contribution in [-0.4, -0.2) is 57.8 Å². The molecule has 0 aliphatic carbocycles. The molecule has 1 N–H and O–H groups in total. The molecule has 2 aliphatic heterocycles. The molecule has 116 valence electrons. The van der Waals surface area contributed by atoms with E-state index in [1.54, 1.807) is 7.11 Å². The van der Waals surface area contributed by atoms with Gasteiger partial charge in [0.2, 0.25) is 0 Å². The molecular weight excluding hydrogens is 262 g/mol. The Kier molecular flexibility index (Phi) is 4.99.